The Morgan fingerprint density at radius 1 is 0.769 bits per heavy atom. The topological polar surface area (TPSA) is 42.3 Å². The summed E-state index contributed by atoms with van der Waals surface area (Å²) < 4.78 is 8.36. The Kier molecular flexibility index (Phi) is 6.63. The molecule has 1 aliphatic heterocycles. The van der Waals surface area contributed by atoms with Crippen molar-refractivity contribution in [2.75, 3.05) is 4.90 Å². The highest BCUT2D eigenvalue weighted by Gasteiger charge is 2.42. The maximum absolute atomic E-state index is 6.04. The fourth-order valence-corrected chi connectivity index (χ4v) is 5.77. The quantitative estimate of drug-likeness (QED) is 0.227. The predicted molar refractivity (Wildman–Crippen MR) is 161 cm³/mol. The molecule has 0 spiro atoms. The van der Waals surface area contributed by atoms with E-state index in [4.69, 9.17) is 21.9 Å². The SMILES string of the molecule is Cc1ccc(-n2c(C)cc(C3C(c4ccccn4)NC(=S)N3c3ccc(Oc4ccccc4)cc3)c2C)cc1. The molecule has 2 aromatic heterocycles. The number of anilines is 1. The van der Waals surface area contributed by atoms with Crippen LogP contribution in [0, 0.1) is 20.8 Å². The van der Waals surface area contributed by atoms with E-state index >= 15 is 0 Å². The molecule has 1 saturated heterocycles. The number of rotatable bonds is 6. The molecule has 0 saturated carbocycles. The molecule has 3 heterocycles. The lowest BCUT2D eigenvalue weighted by Gasteiger charge is -2.28. The van der Waals surface area contributed by atoms with Crippen molar-refractivity contribution < 1.29 is 4.74 Å². The maximum Gasteiger partial charge on any atom is 0.174 e. The third-order valence-electron chi connectivity index (χ3n) is 7.27. The molecular weight excluding hydrogens is 500 g/mol. The van der Waals surface area contributed by atoms with Gasteiger partial charge in [0, 0.05) is 29.0 Å². The third-order valence-corrected chi connectivity index (χ3v) is 7.59. The Balaban J connectivity index is 1.41. The first kappa shape index (κ1) is 24.9. The number of thiocarbonyl (C=S) groups is 1. The molecule has 0 radical (unpaired) electrons. The van der Waals surface area contributed by atoms with Crippen LogP contribution in [-0.4, -0.2) is 14.7 Å². The van der Waals surface area contributed by atoms with E-state index in [9.17, 15) is 0 Å². The second-order valence-electron chi connectivity index (χ2n) is 9.90. The lowest BCUT2D eigenvalue weighted by Crippen LogP contribution is -2.29. The highest BCUT2D eigenvalue weighted by molar-refractivity contribution is 7.80. The van der Waals surface area contributed by atoms with Crippen LogP contribution in [0.1, 0.15) is 40.3 Å². The standard InChI is InChI=1S/C33H30N4OS/c1-22-12-14-25(15-13-22)36-23(2)21-29(24(36)3)32-31(30-11-7-8-20-34-30)35-33(39)37(32)26-16-18-28(19-17-26)38-27-9-5-4-6-10-27/h4-21,31-32H,1-3H3,(H,35,39). The van der Waals surface area contributed by atoms with Crippen LogP contribution in [0.5, 0.6) is 11.5 Å². The van der Waals surface area contributed by atoms with E-state index in [1.54, 1.807) is 0 Å². The molecule has 0 bridgehead atoms. The Morgan fingerprint density at radius 2 is 1.44 bits per heavy atom. The summed E-state index contributed by atoms with van der Waals surface area (Å²) in [5, 5.41) is 4.25. The highest BCUT2D eigenvalue weighted by atomic mass is 32.1. The highest BCUT2D eigenvalue weighted by Crippen LogP contribution is 2.44. The number of hydrogen-bond acceptors (Lipinski definition) is 3. The van der Waals surface area contributed by atoms with E-state index in [0.29, 0.717) is 5.11 Å². The van der Waals surface area contributed by atoms with Crippen molar-refractivity contribution in [3.63, 3.8) is 0 Å². The number of nitrogens with one attached hydrogen (secondary N) is 1. The summed E-state index contributed by atoms with van der Waals surface area (Å²) in [6.07, 6.45) is 1.84. The number of ether oxygens (including phenoxy) is 1. The molecule has 6 heteroatoms. The van der Waals surface area contributed by atoms with Gasteiger partial charge in [-0.3, -0.25) is 4.98 Å². The predicted octanol–water partition coefficient (Wildman–Crippen LogP) is 7.77. The minimum atomic E-state index is -0.106. The van der Waals surface area contributed by atoms with Crippen LogP contribution in [0.3, 0.4) is 0 Å². The molecule has 1 N–H and O–H groups in total. The summed E-state index contributed by atoms with van der Waals surface area (Å²) in [4.78, 5) is 6.92. The number of aryl methyl sites for hydroxylation is 2. The molecule has 0 amide bonds. The van der Waals surface area contributed by atoms with Crippen molar-refractivity contribution in [3.8, 4) is 17.2 Å². The first-order valence-corrected chi connectivity index (χ1v) is 13.5. The molecule has 39 heavy (non-hydrogen) atoms. The van der Waals surface area contributed by atoms with Gasteiger partial charge in [0.25, 0.3) is 0 Å². The van der Waals surface area contributed by atoms with Crippen LogP contribution in [0.2, 0.25) is 0 Å². The van der Waals surface area contributed by atoms with Gasteiger partial charge in [-0.05, 0) is 105 Å². The van der Waals surface area contributed by atoms with Gasteiger partial charge >= 0.3 is 0 Å². The number of hydrogen-bond donors (Lipinski definition) is 1. The summed E-state index contributed by atoms with van der Waals surface area (Å²) in [6.45, 7) is 6.46. The van der Waals surface area contributed by atoms with E-state index in [0.717, 1.165) is 28.6 Å². The van der Waals surface area contributed by atoms with Gasteiger partial charge in [0.1, 0.15) is 11.5 Å². The monoisotopic (exact) mass is 530 g/mol. The van der Waals surface area contributed by atoms with E-state index in [1.807, 2.05) is 60.8 Å². The Bertz CT molecular complexity index is 1600. The molecule has 1 fully saturated rings. The van der Waals surface area contributed by atoms with Gasteiger partial charge in [-0.1, -0.05) is 42.0 Å². The first-order chi connectivity index (χ1) is 19.0. The van der Waals surface area contributed by atoms with Crippen LogP contribution in [-0.2, 0) is 0 Å². The van der Waals surface area contributed by atoms with Gasteiger partial charge < -0.3 is 19.5 Å². The fraction of sp³-hybridized carbons (Fsp3) is 0.152. The molecule has 6 rings (SSSR count). The molecule has 194 valence electrons. The van der Waals surface area contributed by atoms with E-state index < -0.39 is 0 Å². The van der Waals surface area contributed by atoms with Crippen molar-refractivity contribution in [3.05, 3.63) is 138 Å². The van der Waals surface area contributed by atoms with Gasteiger partial charge in [-0.2, -0.15) is 0 Å². The van der Waals surface area contributed by atoms with Crippen LogP contribution in [0.15, 0.2) is 109 Å². The zero-order valence-corrected chi connectivity index (χ0v) is 23.0. The Hall–Kier alpha value is -4.42. The average molecular weight is 531 g/mol. The summed E-state index contributed by atoms with van der Waals surface area (Å²) in [5.74, 6) is 1.58. The molecule has 2 unspecified atom stereocenters. The number of nitrogens with zero attached hydrogens (tertiary/aromatic N) is 3. The zero-order chi connectivity index (χ0) is 26.9. The van der Waals surface area contributed by atoms with Gasteiger partial charge in [-0.25, -0.2) is 0 Å². The number of benzene rings is 3. The minimum Gasteiger partial charge on any atom is -0.457 e. The normalized spacial score (nSPS) is 16.8. The zero-order valence-electron chi connectivity index (χ0n) is 22.2. The van der Waals surface area contributed by atoms with Crippen LogP contribution >= 0.6 is 12.2 Å². The van der Waals surface area contributed by atoms with Crippen molar-refractivity contribution in [2.45, 2.75) is 32.9 Å². The van der Waals surface area contributed by atoms with Gasteiger partial charge in [0.05, 0.1) is 17.8 Å². The van der Waals surface area contributed by atoms with Crippen LogP contribution in [0.4, 0.5) is 5.69 Å². The van der Waals surface area contributed by atoms with E-state index in [-0.39, 0.29) is 12.1 Å². The molecule has 0 aliphatic carbocycles. The molecular formula is C33H30N4OS. The summed E-state index contributed by atoms with van der Waals surface area (Å²) in [7, 11) is 0. The second kappa shape index (κ2) is 10.4. The van der Waals surface area contributed by atoms with E-state index in [2.05, 4.69) is 84.1 Å². The molecule has 2 atom stereocenters. The Morgan fingerprint density at radius 3 is 2.13 bits per heavy atom. The summed E-state index contributed by atoms with van der Waals surface area (Å²) >= 11 is 5.95. The number of para-hydroxylation sites is 1. The number of aromatic nitrogens is 2. The average Bonchev–Trinajstić information content (AvgIpc) is 3.45. The van der Waals surface area contributed by atoms with Crippen LogP contribution < -0.4 is 15.0 Å². The Labute approximate surface area is 234 Å². The fourth-order valence-electron chi connectivity index (χ4n) is 5.43. The van der Waals surface area contributed by atoms with Gasteiger partial charge in [-0.15, -0.1) is 0 Å². The van der Waals surface area contributed by atoms with Gasteiger partial charge in [0.2, 0.25) is 0 Å². The minimum absolute atomic E-state index is 0.0845. The van der Waals surface area contributed by atoms with Crippen molar-refractivity contribution in [1.82, 2.24) is 14.9 Å². The van der Waals surface area contributed by atoms with E-state index in [1.165, 1.54) is 22.5 Å². The third kappa shape index (κ3) is 4.79. The smallest absolute Gasteiger partial charge is 0.174 e. The van der Waals surface area contributed by atoms with Crippen molar-refractivity contribution >= 4 is 23.0 Å². The van der Waals surface area contributed by atoms with Gasteiger partial charge in [0.15, 0.2) is 5.11 Å². The van der Waals surface area contributed by atoms with Crippen molar-refractivity contribution in [1.29, 1.82) is 0 Å². The van der Waals surface area contributed by atoms with Crippen molar-refractivity contribution in [2.24, 2.45) is 0 Å². The molecule has 1 aliphatic rings. The second-order valence-corrected chi connectivity index (χ2v) is 10.3. The lowest BCUT2D eigenvalue weighted by atomic mass is 9.96. The number of pyridine rings is 1. The molecule has 5 aromatic rings. The largest absolute Gasteiger partial charge is 0.457 e. The lowest BCUT2D eigenvalue weighted by molar-refractivity contribution is 0.482. The first-order valence-electron chi connectivity index (χ1n) is 13.1. The maximum atomic E-state index is 6.04. The summed E-state index contributed by atoms with van der Waals surface area (Å²) in [5.41, 5.74) is 7.92. The molecule has 5 nitrogen and oxygen atoms in total. The molecule has 3 aromatic carbocycles. The van der Waals surface area contributed by atoms with Crippen LogP contribution in [0.25, 0.3) is 5.69 Å². The summed E-state index contributed by atoms with van der Waals surface area (Å²) in [6, 6.07) is 34.7.